The summed E-state index contributed by atoms with van der Waals surface area (Å²) in [6.07, 6.45) is 6.49. The van der Waals surface area contributed by atoms with Crippen molar-refractivity contribution in [3.8, 4) is 0 Å². The molecule has 0 aliphatic carbocycles. The maximum atomic E-state index is 14.1. The van der Waals surface area contributed by atoms with Crippen molar-refractivity contribution in [2.24, 2.45) is 11.8 Å². The van der Waals surface area contributed by atoms with Crippen LogP contribution in [0.1, 0.15) is 44.8 Å². The Bertz CT molecular complexity index is 1200. The van der Waals surface area contributed by atoms with E-state index in [2.05, 4.69) is 5.32 Å². The lowest BCUT2D eigenvalue weighted by Gasteiger charge is -2.36. The molecule has 4 aliphatic heterocycles. The van der Waals surface area contributed by atoms with Crippen molar-refractivity contribution < 1.29 is 33.8 Å². The first kappa shape index (κ1) is 28.0. The molecule has 3 amide bonds. The highest BCUT2D eigenvalue weighted by Crippen LogP contribution is 2.53. The van der Waals surface area contributed by atoms with E-state index in [0.29, 0.717) is 18.5 Å². The number of hydrogen-bond donors (Lipinski definition) is 2. The molecule has 4 aliphatic rings. The lowest BCUT2D eigenvalue weighted by atomic mass is 9.77. The van der Waals surface area contributed by atoms with E-state index in [-0.39, 0.29) is 56.3 Å². The highest BCUT2D eigenvalue weighted by atomic mass is 16.6. The van der Waals surface area contributed by atoms with Crippen LogP contribution in [0.2, 0.25) is 0 Å². The number of rotatable bonds is 5. The molecule has 2 N–H and O–H groups in total. The molecule has 10 nitrogen and oxygen atoms in total. The SMILES string of the molecule is CC(C)N1CC=C[C@@]23O[C@H]4/C=C\CCC(=O)NC[C@H](c5ccccc5)OC(=O)[C@H]4[C@@H]2C(=O)N(CCCO)[C@H]3C1=O. The number of aliphatic hydroxyl groups is 1. The van der Waals surface area contributed by atoms with E-state index < -0.39 is 41.7 Å². The highest BCUT2D eigenvalue weighted by molar-refractivity contribution is 5.99. The van der Waals surface area contributed by atoms with E-state index in [9.17, 15) is 24.3 Å². The second kappa shape index (κ2) is 11.5. The van der Waals surface area contributed by atoms with Gasteiger partial charge < -0.3 is 29.7 Å². The van der Waals surface area contributed by atoms with Crippen molar-refractivity contribution in [3.05, 3.63) is 60.2 Å². The minimum absolute atomic E-state index is 0.0906. The summed E-state index contributed by atoms with van der Waals surface area (Å²) in [7, 11) is 0. The van der Waals surface area contributed by atoms with Crippen molar-refractivity contribution in [2.45, 2.75) is 63.0 Å². The Morgan fingerprint density at radius 2 is 1.88 bits per heavy atom. The standard InChI is InChI=1S/C30H37N3O7/c1-19(2)32-15-8-14-30-25(27(36)33(16-9-17-34)26(30)28(32)37)24-21(40-30)12-6-7-13-23(35)31-18-22(39-29(24)38)20-10-4-3-5-11-20/h3-6,8,10-12,14,19,21-22,24-26,34H,7,9,13,15-18H2,1-2H3,(H,31,35)/b12-6-/t21-,22+,24+,25+,26-,30+/m0/s1. The average Bonchev–Trinajstić information content (AvgIpc) is 3.31. The molecule has 4 heterocycles. The maximum Gasteiger partial charge on any atom is 0.313 e. The Kier molecular flexibility index (Phi) is 8.09. The molecule has 0 unspecified atom stereocenters. The summed E-state index contributed by atoms with van der Waals surface area (Å²) < 4.78 is 12.7. The van der Waals surface area contributed by atoms with Crippen molar-refractivity contribution >= 4 is 23.7 Å². The zero-order chi connectivity index (χ0) is 28.4. The van der Waals surface area contributed by atoms with Crippen LogP contribution in [0.25, 0.3) is 0 Å². The summed E-state index contributed by atoms with van der Waals surface area (Å²) in [5.74, 6) is -3.39. The van der Waals surface area contributed by atoms with E-state index in [1.165, 1.54) is 4.90 Å². The largest absolute Gasteiger partial charge is 0.455 e. The van der Waals surface area contributed by atoms with Crippen LogP contribution in [0.3, 0.4) is 0 Å². The maximum absolute atomic E-state index is 14.1. The van der Waals surface area contributed by atoms with Gasteiger partial charge >= 0.3 is 5.97 Å². The van der Waals surface area contributed by atoms with E-state index in [4.69, 9.17) is 9.47 Å². The minimum Gasteiger partial charge on any atom is -0.455 e. The molecule has 2 fully saturated rings. The number of aliphatic hydroxyl groups excluding tert-OH is 1. The molecule has 1 spiro atoms. The van der Waals surface area contributed by atoms with Gasteiger partial charge in [0.15, 0.2) is 0 Å². The Hall–Kier alpha value is -3.50. The Morgan fingerprint density at radius 3 is 2.60 bits per heavy atom. The number of cyclic esters (lactones) is 1. The number of carbonyl (C=O) groups excluding carboxylic acids is 4. The molecule has 40 heavy (non-hydrogen) atoms. The number of ether oxygens (including phenoxy) is 2. The van der Waals surface area contributed by atoms with Gasteiger partial charge in [0.25, 0.3) is 0 Å². The average molecular weight is 552 g/mol. The zero-order valence-corrected chi connectivity index (χ0v) is 22.9. The van der Waals surface area contributed by atoms with Crippen LogP contribution < -0.4 is 5.32 Å². The third-order valence-corrected chi connectivity index (χ3v) is 8.26. The first-order valence-corrected chi connectivity index (χ1v) is 14.0. The number of hydrogen-bond acceptors (Lipinski definition) is 7. The summed E-state index contributed by atoms with van der Waals surface area (Å²) in [6, 6.07) is 8.05. The molecule has 0 radical (unpaired) electrons. The van der Waals surface area contributed by atoms with Crippen molar-refractivity contribution in [3.63, 3.8) is 0 Å². The summed E-state index contributed by atoms with van der Waals surface area (Å²) in [5, 5.41) is 12.4. The molecule has 1 aromatic carbocycles. The number of likely N-dealkylation sites (tertiary alicyclic amines) is 1. The van der Waals surface area contributed by atoms with E-state index in [1.54, 1.807) is 23.1 Å². The second-order valence-corrected chi connectivity index (χ2v) is 11.0. The number of allylic oxidation sites excluding steroid dienone is 1. The van der Waals surface area contributed by atoms with Gasteiger partial charge in [0.05, 0.1) is 18.6 Å². The third-order valence-electron chi connectivity index (χ3n) is 8.26. The normalized spacial score (nSPS) is 33.4. The zero-order valence-electron chi connectivity index (χ0n) is 22.9. The van der Waals surface area contributed by atoms with Gasteiger partial charge in [-0.05, 0) is 32.3 Å². The fraction of sp³-hybridized carbons (Fsp3) is 0.533. The van der Waals surface area contributed by atoms with Gasteiger partial charge in [-0.3, -0.25) is 19.2 Å². The Labute approximate surface area is 234 Å². The number of carbonyl (C=O) groups is 4. The van der Waals surface area contributed by atoms with Gasteiger partial charge in [-0.25, -0.2) is 0 Å². The lowest BCUT2D eigenvalue weighted by Crippen LogP contribution is -2.56. The Morgan fingerprint density at radius 1 is 1.10 bits per heavy atom. The molecular formula is C30H37N3O7. The predicted molar refractivity (Wildman–Crippen MR) is 144 cm³/mol. The molecule has 2 saturated heterocycles. The van der Waals surface area contributed by atoms with E-state index in [0.717, 1.165) is 0 Å². The van der Waals surface area contributed by atoms with Crippen LogP contribution in [0.4, 0.5) is 0 Å². The second-order valence-electron chi connectivity index (χ2n) is 11.0. The van der Waals surface area contributed by atoms with Gasteiger partial charge in [-0.2, -0.15) is 0 Å². The van der Waals surface area contributed by atoms with Crippen LogP contribution in [0.5, 0.6) is 0 Å². The van der Waals surface area contributed by atoms with Gasteiger partial charge in [0, 0.05) is 32.2 Å². The van der Waals surface area contributed by atoms with Gasteiger partial charge in [0.2, 0.25) is 17.7 Å². The van der Waals surface area contributed by atoms with E-state index >= 15 is 0 Å². The van der Waals surface area contributed by atoms with Crippen molar-refractivity contribution in [1.82, 2.24) is 15.1 Å². The summed E-state index contributed by atoms with van der Waals surface area (Å²) in [5.41, 5.74) is -0.658. The van der Waals surface area contributed by atoms with Crippen LogP contribution in [-0.2, 0) is 28.7 Å². The highest BCUT2D eigenvalue weighted by Gasteiger charge is 2.71. The number of amides is 3. The summed E-state index contributed by atoms with van der Waals surface area (Å²) >= 11 is 0. The predicted octanol–water partition coefficient (Wildman–Crippen LogP) is 1.51. The van der Waals surface area contributed by atoms with Crippen molar-refractivity contribution in [2.75, 3.05) is 26.2 Å². The van der Waals surface area contributed by atoms with Crippen LogP contribution in [-0.4, -0.2) is 88.6 Å². The number of fused-ring (bicyclic) bond motifs is 2. The van der Waals surface area contributed by atoms with E-state index in [1.807, 2.05) is 50.3 Å². The Balaban J connectivity index is 1.58. The fourth-order valence-electron chi connectivity index (χ4n) is 6.37. The van der Waals surface area contributed by atoms with Crippen LogP contribution in [0.15, 0.2) is 54.6 Å². The van der Waals surface area contributed by atoms with Crippen molar-refractivity contribution in [1.29, 1.82) is 0 Å². The summed E-state index contributed by atoms with van der Waals surface area (Å²) in [6.45, 7) is 4.29. The topological polar surface area (TPSA) is 125 Å². The number of nitrogens with one attached hydrogen (secondary N) is 1. The molecular weight excluding hydrogens is 514 g/mol. The lowest BCUT2D eigenvalue weighted by molar-refractivity contribution is -0.160. The molecule has 1 aromatic rings. The molecule has 0 bridgehead atoms. The molecule has 6 atom stereocenters. The quantitative estimate of drug-likeness (QED) is 0.420. The molecule has 0 aromatic heterocycles. The summed E-state index contributed by atoms with van der Waals surface area (Å²) in [4.78, 5) is 57.7. The van der Waals surface area contributed by atoms with Gasteiger partial charge in [-0.15, -0.1) is 0 Å². The first-order valence-electron chi connectivity index (χ1n) is 14.0. The molecule has 0 saturated carbocycles. The molecule has 214 valence electrons. The first-order chi connectivity index (χ1) is 19.3. The van der Waals surface area contributed by atoms with Crippen LogP contribution >= 0.6 is 0 Å². The van der Waals surface area contributed by atoms with Gasteiger partial charge in [0.1, 0.15) is 23.7 Å². The monoisotopic (exact) mass is 551 g/mol. The van der Waals surface area contributed by atoms with Gasteiger partial charge in [-0.1, -0.05) is 54.6 Å². The molecule has 10 heteroatoms. The number of benzene rings is 1. The fourth-order valence-corrected chi connectivity index (χ4v) is 6.37. The van der Waals surface area contributed by atoms with Crippen LogP contribution in [0, 0.1) is 11.8 Å². The minimum atomic E-state index is -1.37. The number of nitrogens with zero attached hydrogens (tertiary/aromatic N) is 2. The number of esters is 1. The third kappa shape index (κ3) is 4.94. The smallest absolute Gasteiger partial charge is 0.313 e. The molecule has 5 rings (SSSR count).